The van der Waals surface area contributed by atoms with Crippen molar-refractivity contribution in [2.75, 3.05) is 29.9 Å². The van der Waals surface area contributed by atoms with Gasteiger partial charge in [-0.2, -0.15) is 0 Å². The molecule has 7 nitrogen and oxygen atoms in total. The number of anilines is 2. The van der Waals surface area contributed by atoms with E-state index in [4.69, 9.17) is 0 Å². The SMILES string of the molecule is CCCCN(CC)c1ncnc(NCC)c1[N+](=O)[O-]. The fourth-order valence-electron chi connectivity index (χ4n) is 1.83. The monoisotopic (exact) mass is 267 g/mol. The summed E-state index contributed by atoms with van der Waals surface area (Å²) >= 11 is 0. The molecule has 0 saturated heterocycles. The van der Waals surface area contributed by atoms with E-state index in [9.17, 15) is 10.1 Å². The molecule has 0 unspecified atom stereocenters. The number of aromatic nitrogens is 2. The van der Waals surface area contributed by atoms with Gasteiger partial charge in [-0.15, -0.1) is 0 Å². The molecule has 0 amide bonds. The van der Waals surface area contributed by atoms with Gasteiger partial charge >= 0.3 is 5.69 Å². The minimum absolute atomic E-state index is 0.0395. The molecule has 1 heterocycles. The lowest BCUT2D eigenvalue weighted by Crippen LogP contribution is -2.26. The topological polar surface area (TPSA) is 84.2 Å². The highest BCUT2D eigenvalue weighted by Crippen LogP contribution is 2.31. The minimum Gasteiger partial charge on any atom is -0.364 e. The molecule has 7 heteroatoms. The molecular formula is C12H21N5O2. The molecule has 0 atom stereocenters. The van der Waals surface area contributed by atoms with E-state index >= 15 is 0 Å². The first kappa shape index (κ1) is 15.1. The van der Waals surface area contributed by atoms with Gasteiger partial charge in [-0.3, -0.25) is 10.1 Å². The zero-order valence-electron chi connectivity index (χ0n) is 11.7. The second kappa shape index (κ2) is 7.50. The zero-order chi connectivity index (χ0) is 14.3. The highest BCUT2D eigenvalue weighted by atomic mass is 16.6. The third-order valence-electron chi connectivity index (χ3n) is 2.79. The normalized spacial score (nSPS) is 10.3. The molecule has 0 radical (unpaired) electrons. The highest BCUT2D eigenvalue weighted by Gasteiger charge is 2.25. The quantitative estimate of drug-likeness (QED) is 0.575. The van der Waals surface area contributed by atoms with Crippen LogP contribution in [0.25, 0.3) is 0 Å². The van der Waals surface area contributed by atoms with Gasteiger partial charge in [0.2, 0.25) is 11.6 Å². The summed E-state index contributed by atoms with van der Waals surface area (Å²) in [7, 11) is 0. The number of hydrogen-bond donors (Lipinski definition) is 1. The Labute approximate surface area is 113 Å². The van der Waals surface area contributed by atoms with Gasteiger partial charge in [0.05, 0.1) is 4.92 Å². The summed E-state index contributed by atoms with van der Waals surface area (Å²) in [4.78, 5) is 20.8. The first-order valence-corrected chi connectivity index (χ1v) is 6.63. The van der Waals surface area contributed by atoms with E-state index in [2.05, 4.69) is 22.2 Å². The second-order valence-corrected chi connectivity index (χ2v) is 4.12. The van der Waals surface area contributed by atoms with E-state index in [1.165, 1.54) is 6.33 Å². The molecule has 0 saturated carbocycles. The van der Waals surface area contributed by atoms with Gasteiger partial charge in [-0.05, 0) is 20.3 Å². The van der Waals surface area contributed by atoms with Crippen LogP contribution in [0.1, 0.15) is 33.6 Å². The van der Waals surface area contributed by atoms with Crippen molar-refractivity contribution in [2.24, 2.45) is 0 Å². The standard InChI is InChI=1S/C12H21N5O2/c1-4-7-8-16(6-3)12-10(17(18)19)11(13-5-2)14-9-15-12/h9H,4-8H2,1-3H3,(H,13,14,15). The summed E-state index contributed by atoms with van der Waals surface area (Å²) in [5.41, 5.74) is -0.0395. The maximum absolute atomic E-state index is 11.3. The summed E-state index contributed by atoms with van der Waals surface area (Å²) in [5, 5.41) is 14.2. The molecule has 106 valence electrons. The van der Waals surface area contributed by atoms with Crippen LogP contribution >= 0.6 is 0 Å². The van der Waals surface area contributed by atoms with Crippen molar-refractivity contribution < 1.29 is 4.92 Å². The average Bonchev–Trinajstić information content (AvgIpc) is 2.40. The van der Waals surface area contributed by atoms with E-state index in [1.54, 1.807) is 0 Å². The molecule has 0 spiro atoms. The molecule has 0 aliphatic carbocycles. The van der Waals surface area contributed by atoms with Gasteiger partial charge in [0.25, 0.3) is 0 Å². The van der Waals surface area contributed by atoms with E-state index in [-0.39, 0.29) is 11.5 Å². The van der Waals surface area contributed by atoms with Crippen molar-refractivity contribution >= 4 is 17.3 Å². The van der Waals surface area contributed by atoms with Crippen LogP contribution in [0, 0.1) is 10.1 Å². The van der Waals surface area contributed by atoms with Crippen molar-refractivity contribution in [1.82, 2.24) is 9.97 Å². The van der Waals surface area contributed by atoms with Crippen molar-refractivity contribution in [1.29, 1.82) is 0 Å². The maximum Gasteiger partial charge on any atom is 0.353 e. The molecule has 1 aromatic heterocycles. The Hall–Kier alpha value is -1.92. The molecule has 19 heavy (non-hydrogen) atoms. The van der Waals surface area contributed by atoms with Crippen molar-refractivity contribution in [3.05, 3.63) is 16.4 Å². The Balaban J connectivity index is 3.16. The summed E-state index contributed by atoms with van der Waals surface area (Å²) in [6, 6.07) is 0. The summed E-state index contributed by atoms with van der Waals surface area (Å²) in [6.07, 6.45) is 3.38. The van der Waals surface area contributed by atoms with Gasteiger partial charge in [-0.25, -0.2) is 9.97 Å². The average molecular weight is 267 g/mol. The Kier molecular flexibility index (Phi) is 5.98. The Morgan fingerprint density at radius 2 is 2.11 bits per heavy atom. The fraction of sp³-hybridized carbons (Fsp3) is 0.667. The fourth-order valence-corrected chi connectivity index (χ4v) is 1.83. The molecule has 0 aliphatic rings. The predicted octanol–water partition coefficient (Wildman–Crippen LogP) is 2.44. The third kappa shape index (κ3) is 3.77. The summed E-state index contributed by atoms with van der Waals surface area (Å²) in [5.74, 6) is 0.680. The number of nitrogens with one attached hydrogen (secondary N) is 1. The van der Waals surface area contributed by atoms with Crippen molar-refractivity contribution in [2.45, 2.75) is 33.6 Å². The van der Waals surface area contributed by atoms with Crippen molar-refractivity contribution in [3.63, 3.8) is 0 Å². The molecule has 0 bridgehead atoms. The largest absolute Gasteiger partial charge is 0.364 e. The van der Waals surface area contributed by atoms with E-state index in [0.717, 1.165) is 19.4 Å². The number of unbranched alkanes of at least 4 members (excludes halogenated alkanes) is 1. The zero-order valence-corrected chi connectivity index (χ0v) is 11.7. The summed E-state index contributed by atoms with van der Waals surface area (Å²) in [6.45, 7) is 7.96. The predicted molar refractivity (Wildman–Crippen MR) is 75.6 cm³/mol. The Morgan fingerprint density at radius 1 is 1.37 bits per heavy atom. The highest BCUT2D eigenvalue weighted by molar-refractivity contribution is 5.70. The molecule has 0 aromatic carbocycles. The van der Waals surface area contributed by atoms with Crippen LogP contribution in [-0.2, 0) is 0 Å². The first-order chi connectivity index (χ1) is 9.15. The maximum atomic E-state index is 11.3. The van der Waals surface area contributed by atoms with Crippen LogP contribution in [0.4, 0.5) is 17.3 Å². The second-order valence-electron chi connectivity index (χ2n) is 4.12. The van der Waals surface area contributed by atoms with E-state index < -0.39 is 4.92 Å². The Morgan fingerprint density at radius 3 is 2.63 bits per heavy atom. The lowest BCUT2D eigenvalue weighted by atomic mass is 10.3. The van der Waals surface area contributed by atoms with Gasteiger partial charge in [0, 0.05) is 19.6 Å². The van der Waals surface area contributed by atoms with Crippen LogP contribution in [-0.4, -0.2) is 34.5 Å². The third-order valence-corrected chi connectivity index (χ3v) is 2.79. The lowest BCUT2D eigenvalue weighted by Gasteiger charge is -2.21. The van der Waals surface area contributed by atoms with E-state index in [1.807, 2.05) is 18.7 Å². The number of rotatable bonds is 8. The van der Waals surface area contributed by atoms with Crippen LogP contribution in [0.3, 0.4) is 0 Å². The van der Waals surface area contributed by atoms with Crippen LogP contribution < -0.4 is 10.2 Å². The van der Waals surface area contributed by atoms with Gasteiger partial charge in [-0.1, -0.05) is 13.3 Å². The van der Waals surface area contributed by atoms with Gasteiger partial charge in [0.15, 0.2) is 0 Å². The molecule has 0 fully saturated rings. The first-order valence-electron chi connectivity index (χ1n) is 6.63. The molecule has 1 aromatic rings. The van der Waals surface area contributed by atoms with Crippen LogP contribution in [0.15, 0.2) is 6.33 Å². The smallest absolute Gasteiger partial charge is 0.353 e. The van der Waals surface area contributed by atoms with E-state index in [0.29, 0.717) is 18.9 Å². The van der Waals surface area contributed by atoms with Crippen molar-refractivity contribution in [3.8, 4) is 0 Å². The lowest BCUT2D eigenvalue weighted by molar-refractivity contribution is -0.383. The van der Waals surface area contributed by atoms with Crippen LogP contribution in [0.2, 0.25) is 0 Å². The molecular weight excluding hydrogens is 246 g/mol. The number of nitrogens with zero attached hydrogens (tertiary/aromatic N) is 4. The molecule has 0 aliphatic heterocycles. The van der Waals surface area contributed by atoms with Gasteiger partial charge in [0.1, 0.15) is 6.33 Å². The minimum atomic E-state index is -0.415. The molecule has 1 rings (SSSR count). The van der Waals surface area contributed by atoms with Crippen LogP contribution in [0.5, 0.6) is 0 Å². The number of hydrogen-bond acceptors (Lipinski definition) is 6. The molecule has 1 N–H and O–H groups in total. The summed E-state index contributed by atoms with van der Waals surface area (Å²) < 4.78 is 0. The van der Waals surface area contributed by atoms with Gasteiger partial charge < -0.3 is 10.2 Å². The Bertz CT molecular complexity index is 425. The number of nitro groups is 1.